The fourth-order valence-electron chi connectivity index (χ4n) is 1.90. The predicted octanol–water partition coefficient (Wildman–Crippen LogP) is -0.0470. The van der Waals surface area contributed by atoms with E-state index in [0.29, 0.717) is 6.04 Å². The molecule has 0 unspecified atom stereocenters. The van der Waals surface area contributed by atoms with Crippen molar-refractivity contribution in [3.63, 3.8) is 0 Å². The van der Waals surface area contributed by atoms with E-state index in [1.165, 1.54) is 0 Å². The van der Waals surface area contributed by atoms with Gasteiger partial charge in [0.05, 0.1) is 0 Å². The first-order valence-electron chi connectivity index (χ1n) is 6.10. The third-order valence-corrected chi connectivity index (χ3v) is 2.97. The largest absolute Gasteiger partial charge is 0.385 e. The highest BCUT2D eigenvalue weighted by atomic mass is 16.5. The first kappa shape index (κ1) is 14.2. The van der Waals surface area contributed by atoms with Crippen molar-refractivity contribution in [1.82, 2.24) is 10.3 Å². The summed E-state index contributed by atoms with van der Waals surface area (Å²) in [5.74, 6) is 6.25. The van der Waals surface area contributed by atoms with Crippen molar-refractivity contribution >= 4 is 5.96 Å². The zero-order valence-corrected chi connectivity index (χ0v) is 10.8. The number of nitrogens with zero attached hydrogens (tertiary/aromatic N) is 2. The van der Waals surface area contributed by atoms with Crippen LogP contribution in [0.4, 0.5) is 0 Å². The molecule has 1 heterocycles. The van der Waals surface area contributed by atoms with Gasteiger partial charge < -0.3 is 14.4 Å². The van der Waals surface area contributed by atoms with Gasteiger partial charge in [0.25, 0.3) is 0 Å². The standard InChI is InChI=1S/C11H24N4O2/c1-15(10-4-8-17-9-5-10)11(14-12)13-6-3-7-16-2/h10H,3-9,12H2,1-2H3,(H,13,14). The Morgan fingerprint density at radius 3 is 2.82 bits per heavy atom. The Morgan fingerprint density at radius 2 is 2.24 bits per heavy atom. The summed E-state index contributed by atoms with van der Waals surface area (Å²) in [5, 5.41) is 0. The summed E-state index contributed by atoms with van der Waals surface area (Å²) in [6.07, 6.45) is 2.95. The van der Waals surface area contributed by atoms with E-state index >= 15 is 0 Å². The van der Waals surface area contributed by atoms with Gasteiger partial charge in [0.2, 0.25) is 5.96 Å². The molecule has 0 bridgehead atoms. The summed E-state index contributed by atoms with van der Waals surface area (Å²) >= 11 is 0. The Kier molecular flexibility index (Phi) is 6.91. The van der Waals surface area contributed by atoms with Gasteiger partial charge in [-0.3, -0.25) is 10.4 Å². The summed E-state index contributed by atoms with van der Waals surface area (Å²) in [5.41, 5.74) is 2.67. The topological polar surface area (TPSA) is 72.1 Å². The molecule has 1 aliphatic heterocycles. The van der Waals surface area contributed by atoms with Gasteiger partial charge >= 0.3 is 0 Å². The number of rotatable bonds is 5. The van der Waals surface area contributed by atoms with Crippen LogP contribution in [0.1, 0.15) is 19.3 Å². The lowest BCUT2D eigenvalue weighted by Gasteiger charge is -2.33. The molecule has 0 atom stereocenters. The molecule has 0 radical (unpaired) electrons. The minimum atomic E-state index is 0.459. The fourth-order valence-corrected chi connectivity index (χ4v) is 1.90. The lowest BCUT2D eigenvalue weighted by molar-refractivity contribution is 0.0597. The van der Waals surface area contributed by atoms with Crippen LogP contribution < -0.4 is 11.3 Å². The molecule has 6 heteroatoms. The van der Waals surface area contributed by atoms with Crippen LogP contribution in [0, 0.1) is 0 Å². The molecular weight excluding hydrogens is 220 g/mol. The number of hydrazine groups is 1. The summed E-state index contributed by atoms with van der Waals surface area (Å²) in [6.45, 7) is 3.08. The van der Waals surface area contributed by atoms with E-state index in [1.54, 1.807) is 7.11 Å². The Morgan fingerprint density at radius 1 is 1.53 bits per heavy atom. The number of guanidine groups is 1. The van der Waals surface area contributed by atoms with Gasteiger partial charge in [0.15, 0.2) is 0 Å². The Labute approximate surface area is 103 Å². The van der Waals surface area contributed by atoms with Gasteiger partial charge in [-0.2, -0.15) is 0 Å². The molecule has 3 N–H and O–H groups in total. The Hall–Kier alpha value is -0.850. The van der Waals surface area contributed by atoms with Crippen LogP contribution in [-0.2, 0) is 9.47 Å². The normalized spacial score (nSPS) is 18.2. The molecule has 0 spiro atoms. The van der Waals surface area contributed by atoms with Crippen molar-refractivity contribution in [1.29, 1.82) is 0 Å². The van der Waals surface area contributed by atoms with E-state index in [9.17, 15) is 0 Å². The lowest BCUT2D eigenvalue weighted by Crippen LogP contribution is -2.49. The average molecular weight is 244 g/mol. The molecule has 0 saturated carbocycles. The van der Waals surface area contributed by atoms with Crippen molar-refractivity contribution in [3.05, 3.63) is 0 Å². The SMILES string of the molecule is COCCCN=C(NN)N(C)C1CCOCC1. The molecular formula is C11H24N4O2. The highest BCUT2D eigenvalue weighted by Gasteiger charge is 2.20. The van der Waals surface area contributed by atoms with Crippen LogP contribution in [-0.4, -0.2) is 57.4 Å². The van der Waals surface area contributed by atoms with Crippen LogP contribution in [0.15, 0.2) is 4.99 Å². The van der Waals surface area contributed by atoms with Gasteiger partial charge in [-0.15, -0.1) is 0 Å². The number of hydrogen-bond donors (Lipinski definition) is 2. The molecule has 1 saturated heterocycles. The van der Waals surface area contributed by atoms with Crippen molar-refractivity contribution in [2.75, 3.05) is 40.5 Å². The van der Waals surface area contributed by atoms with Crippen LogP contribution in [0.25, 0.3) is 0 Å². The molecule has 100 valence electrons. The van der Waals surface area contributed by atoms with E-state index in [4.69, 9.17) is 15.3 Å². The van der Waals surface area contributed by atoms with Crippen LogP contribution >= 0.6 is 0 Å². The number of aliphatic imine (C=N–C) groups is 1. The fraction of sp³-hybridized carbons (Fsp3) is 0.909. The van der Waals surface area contributed by atoms with Gasteiger partial charge in [0.1, 0.15) is 0 Å². The number of hydrogen-bond acceptors (Lipinski definition) is 4. The Balaban J connectivity index is 2.41. The van der Waals surface area contributed by atoms with Gasteiger partial charge in [-0.25, -0.2) is 5.84 Å². The third kappa shape index (κ3) is 4.89. The minimum Gasteiger partial charge on any atom is -0.385 e. The highest BCUT2D eigenvalue weighted by Crippen LogP contribution is 2.12. The Bertz CT molecular complexity index is 230. The molecule has 0 amide bonds. The zero-order chi connectivity index (χ0) is 12.5. The number of ether oxygens (including phenoxy) is 2. The van der Waals surface area contributed by atoms with Crippen LogP contribution in [0.5, 0.6) is 0 Å². The molecule has 1 aliphatic rings. The molecule has 1 fully saturated rings. The maximum Gasteiger partial charge on any atom is 0.208 e. The summed E-state index contributed by atoms with van der Waals surface area (Å²) in [6, 6.07) is 0.459. The van der Waals surface area contributed by atoms with Gasteiger partial charge in [-0.05, 0) is 19.3 Å². The van der Waals surface area contributed by atoms with E-state index in [1.807, 2.05) is 7.05 Å². The zero-order valence-electron chi connectivity index (χ0n) is 10.8. The number of nitrogens with one attached hydrogen (secondary N) is 1. The maximum absolute atomic E-state index is 5.51. The van der Waals surface area contributed by atoms with E-state index < -0.39 is 0 Å². The van der Waals surface area contributed by atoms with Crippen molar-refractivity contribution < 1.29 is 9.47 Å². The predicted molar refractivity (Wildman–Crippen MR) is 67.7 cm³/mol. The first-order valence-corrected chi connectivity index (χ1v) is 6.10. The first-order chi connectivity index (χ1) is 8.29. The molecule has 0 aromatic rings. The quantitative estimate of drug-likeness (QED) is 0.233. The molecule has 6 nitrogen and oxygen atoms in total. The number of nitrogens with two attached hydrogens (primary N) is 1. The molecule has 17 heavy (non-hydrogen) atoms. The van der Waals surface area contributed by atoms with Crippen molar-refractivity contribution in [2.45, 2.75) is 25.3 Å². The highest BCUT2D eigenvalue weighted by molar-refractivity contribution is 5.79. The summed E-state index contributed by atoms with van der Waals surface area (Å²) in [7, 11) is 3.71. The molecule has 0 aromatic heterocycles. The monoisotopic (exact) mass is 244 g/mol. The van der Waals surface area contributed by atoms with Crippen LogP contribution in [0.3, 0.4) is 0 Å². The maximum atomic E-state index is 5.51. The molecule has 0 aliphatic carbocycles. The average Bonchev–Trinajstić information content (AvgIpc) is 2.39. The minimum absolute atomic E-state index is 0.459. The molecule has 1 rings (SSSR count). The lowest BCUT2D eigenvalue weighted by atomic mass is 10.1. The summed E-state index contributed by atoms with van der Waals surface area (Å²) < 4.78 is 10.3. The van der Waals surface area contributed by atoms with E-state index in [-0.39, 0.29) is 0 Å². The third-order valence-electron chi connectivity index (χ3n) is 2.97. The van der Waals surface area contributed by atoms with Gasteiger partial charge in [-0.1, -0.05) is 0 Å². The van der Waals surface area contributed by atoms with E-state index in [0.717, 1.165) is 51.6 Å². The number of methoxy groups -OCH3 is 1. The second kappa shape index (κ2) is 8.27. The van der Waals surface area contributed by atoms with Crippen LogP contribution in [0.2, 0.25) is 0 Å². The van der Waals surface area contributed by atoms with Gasteiger partial charge in [0, 0.05) is 46.6 Å². The smallest absolute Gasteiger partial charge is 0.208 e. The summed E-state index contributed by atoms with van der Waals surface area (Å²) in [4.78, 5) is 6.55. The van der Waals surface area contributed by atoms with Crippen molar-refractivity contribution in [2.24, 2.45) is 10.8 Å². The second-order valence-electron chi connectivity index (χ2n) is 4.15. The van der Waals surface area contributed by atoms with E-state index in [2.05, 4.69) is 15.3 Å². The molecule has 0 aromatic carbocycles. The second-order valence-corrected chi connectivity index (χ2v) is 4.15. The van der Waals surface area contributed by atoms with Crippen molar-refractivity contribution in [3.8, 4) is 0 Å².